The number of hydrogen-bond donors (Lipinski definition) is 1. The summed E-state index contributed by atoms with van der Waals surface area (Å²) >= 11 is 6.23. The van der Waals surface area contributed by atoms with Crippen molar-refractivity contribution in [2.24, 2.45) is 0 Å². The van der Waals surface area contributed by atoms with Gasteiger partial charge in [0.2, 0.25) is 0 Å². The van der Waals surface area contributed by atoms with Crippen molar-refractivity contribution in [3.8, 4) is 5.75 Å². The second kappa shape index (κ2) is 9.43. The van der Waals surface area contributed by atoms with Crippen LogP contribution in [-0.2, 0) is 9.53 Å². The molecule has 0 saturated carbocycles. The van der Waals surface area contributed by atoms with Crippen LogP contribution in [0.15, 0.2) is 60.7 Å². The lowest BCUT2D eigenvalue weighted by atomic mass is 10.1. The maximum absolute atomic E-state index is 12.7. The van der Waals surface area contributed by atoms with Gasteiger partial charge in [-0.2, -0.15) is 0 Å². The topological polar surface area (TPSA) is 64.6 Å². The van der Waals surface area contributed by atoms with Gasteiger partial charge >= 0.3 is 5.97 Å². The smallest absolute Gasteiger partial charge is 0.338 e. The molecule has 1 N–H and O–H groups in total. The van der Waals surface area contributed by atoms with Gasteiger partial charge in [-0.3, -0.25) is 4.79 Å². The van der Waals surface area contributed by atoms with Crippen LogP contribution < -0.4 is 10.1 Å². The highest BCUT2D eigenvalue weighted by Gasteiger charge is 2.20. The number of nitrogens with one attached hydrogen (secondary N) is 1. The van der Waals surface area contributed by atoms with E-state index in [1.165, 1.54) is 6.07 Å². The number of fused-ring (bicyclic) bond motifs is 1. The molecule has 6 heteroatoms. The Kier molecular flexibility index (Phi) is 6.73. The Labute approximate surface area is 174 Å². The fraction of sp³-hybridized carbons (Fsp3) is 0.217. The third kappa shape index (κ3) is 5.06. The first kappa shape index (κ1) is 20.7. The highest BCUT2D eigenvalue weighted by atomic mass is 35.5. The largest absolute Gasteiger partial charge is 0.481 e. The maximum Gasteiger partial charge on any atom is 0.338 e. The molecule has 0 saturated heterocycles. The van der Waals surface area contributed by atoms with Crippen LogP contribution in [0.3, 0.4) is 0 Å². The monoisotopic (exact) mass is 411 g/mol. The van der Waals surface area contributed by atoms with Gasteiger partial charge in [0, 0.05) is 0 Å². The number of carbonyl (C=O) groups excluding carboxylic acids is 2. The summed E-state index contributed by atoms with van der Waals surface area (Å²) in [6.07, 6.45) is -0.200. The average Bonchev–Trinajstić information content (AvgIpc) is 2.73. The molecule has 3 aromatic rings. The van der Waals surface area contributed by atoms with Crippen molar-refractivity contribution >= 4 is 39.9 Å². The van der Waals surface area contributed by atoms with Gasteiger partial charge < -0.3 is 14.8 Å². The zero-order valence-corrected chi connectivity index (χ0v) is 17.0. The van der Waals surface area contributed by atoms with E-state index in [4.69, 9.17) is 21.1 Å². The molecule has 150 valence electrons. The standard InChI is InChI=1S/C23H22ClNO4/c1-3-21(29-18-11-9-15-7-5-6-8-16(15)13-18)22(26)25-20-12-10-17(14-19(20)24)23(27)28-4-2/h5-14,21H,3-4H2,1-2H3,(H,25,26). The average molecular weight is 412 g/mol. The van der Waals surface area contributed by atoms with Crippen LogP contribution >= 0.6 is 11.6 Å². The van der Waals surface area contributed by atoms with Gasteiger partial charge in [-0.25, -0.2) is 4.79 Å². The number of carbonyl (C=O) groups is 2. The number of rotatable bonds is 7. The Balaban J connectivity index is 1.71. The van der Waals surface area contributed by atoms with Crippen LogP contribution in [0.1, 0.15) is 30.6 Å². The molecule has 0 aliphatic rings. The van der Waals surface area contributed by atoms with E-state index < -0.39 is 12.1 Å². The number of esters is 1. The number of anilines is 1. The zero-order chi connectivity index (χ0) is 20.8. The third-order valence-corrected chi connectivity index (χ3v) is 4.71. The van der Waals surface area contributed by atoms with Gasteiger partial charge in [0.1, 0.15) is 5.75 Å². The summed E-state index contributed by atoms with van der Waals surface area (Å²) in [6, 6.07) is 18.3. The van der Waals surface area contributed by atoms with Crippen molar-refractivity contribution < 1.29 is 19.1 Å². The lowest BCUT2D eigenvalue weighted by molar-refractivity contribution is -0.122. The van der Waals surface area contributed by atoms with Crippen molar-refractivity contribution in [2.45, 2.75) is 26.4 Å². The predicted octanol–water partition coefficient (Wildman–Crippen LogP) is 5.47. The summed E-state index contributed by atoms with van der Waals surface area (Å²) in [6.45, 7) is 3.88. The molecular formula is C23H22ClNO4. The van der Waals surface area contributed by atoms with E-state index in [1.807, 2.05) is 49.4 Å². The normalized spacial score (nSPS) is 11.7. The Hall–Kier alpha value is -3.05. The molecule has 0 aromatic heterocycles. The van der Waals surface area contributed by atoms with Gasteiger partial charge in [0.25, 0.3) is 5.91 Å². The van der Waals surface area contributed by atoms with E-state index in [1.54, 1.807) is 19.1 Å². The summed E-state index contributed by atoms with van der Waals surface area (Å²) in [5.41, 5.74) is 0.736. The molecule has 1 atom stereocenters. The number of benzene rings is 3. The van der Waals surface area contributed by atoms with E-state index in [9.17, 15) is 9.59 Å². The van der Waals surface area contributed by atoms with E-state index >= 15 is 0 Å². The Bertz CT molecular complexity index is 1030. The fourth-order valence-electron chi connectivity index (χ4n) is 2.90. The molecule has 5 nitrogen and oxygen atoms in total. The summed E-state index contributed by atoms with van der Waals surface area (Å²) in [5, 5.41) is 5.17. The predicted molar refractivity (Wildman–Crippen MR) is 115 cm³/mol. The molecule has 3 aromatic carbocycles. The minimum atomic E-state index is -0.683. The first-order valence-corrected chi connectivity index (χ1v) is 9.82. The number of ether oxygens (including phenoxy) is 2. The maximum atomic E-state index is 12.7. The minimum Gasteiger partial charge on any atom is -0.481 e. The third-order valence-electron chi connectivity index (χ3n) is 4.40. The molecule has 0 aliphatic carbocycles. The van der Waals surface area contributed by atoms with Gasteiger partial charge in [-0.05, 0) is 54.4 Å². The summed E-state index contributed by atoms with van der Waals surface area (Å²) in [7, 11) is 0. The van der Waals surface area contributed by atoms with Gasteiger partial charge in [0.15, 0.2) is 6.10 Å². The lowest BCUT2D eigenvalue weighted by Crippen LogP contribution is -2.32. The second-order valence-corrected chi connectivity index (χ2v) is 6.84. The minimum absolute atomic E-state index is 0.254. The van der Waals surface area contributed by atoms with Crippen molar-refractivity contribution in [1.82, 2.24) is 0 Å². The molecule has 1 amide bonds. The van der Waals surface area contributed by atoms with E-state index in [0.717, 1.165) is 10.8 Å². The van der Waals surface area contributed by atoms with Crippen LogP contribution in [0.5, 0.6) is 5.75 Å². The highest BCUT2D eigenvalue weighted by molar-refractivity contribution is 6.34. The molecule has 0 heterocycles. The fourth-order valence-corrected chi connectivity index (χ4v) is 3.13. The Morgan fingerprint density at radius 1 is 1.00 bits per heavy atom. The van der Waals surface area contributed by atoms with Crippen LogP contribution in [0.2, 0.25) is 5.02 Å². The highest BCUT2D eigenvalue weighted by Crippen LogP contribution is 2.25. The number of halogens is 1. The van der Waals surface area contributed by atoms with Crippen LogP contribution in [0, 0.1) is 0 Å². The zero-order valence-electron chi connectivity index (χ0n) is 16.3. The van der Waals surface area contributed by atoms with Crippen molar-refractivity contribution in [2.75, 3.05) is 11.9 Å². The molecule has 0 spiro atoms. The summed E-state index contributed by atoms with van der Waals surface area (Å²) < 4.78 is 10.9. The van der Waals surface area contributed by atoms with E-state index in [0.29, 0.717) is 23.4 Å². The van der Waals surface area contributed by atoms with Gasteiger partial charge in [-0.15, -0.1) is 0 Å². The summed E-state index contributed by atoms with van der Waals surface area (Å²) in [4.78, 5) is 24.5. The molecule has 1 unspecified atom stereocenters. The van der Waals surface area contributed by atoms with Crippen LogP contribution in [0.4, 0.5) is 5.69 Å². The molecule has 0 radical (unpaired) electrons. The molecule has 0 bridgehead atoms. The quantitative estimate of drug-likeness (QED) is 0.524. The van der Waals surface area contributed by atoms with Gasteiger partial charge in [-0.1, -0.05) is 48.9 Å². The second-order valence-electron chi connectivity index (χ2n) is 6.43. The van der Waals surface area contributed by atoms with Gasteiger partial charge in [0.05, 0.1) is 22.9 Å². The van der Waals surface area contributed by atoms with Crippen molar-refractivity contribution in [3.63, 3.8) is 0 Å². The Morgan fingerprint density at radius 2 is 1.76 bits per heavy atom. The summed E-state index contributed by atoms with van der Waals surface area (Å²) in [5.74, 6) is -0.153. The van der Waals surface area contributed by atoms with E-state index in [2.05, 4.69) is 5.32 Å². The molecule has 3 rings (SSSR count). The first-order valence-electron chi connectivity index (χ1n) is 9.44. The number of amides is 1. The van der Waals surface area contributed by atoms with Crippen molar-refractivity contribution in [3.05, 3.63) is 71.2 Å². The van der Waals surface area contributed by atoms with Crippen LogP contribution in [0.25, 0.3) is 10.8 Å². The molecule has 0 aliphatic heterocycles. The Morgan fingerprint density at radius 3 is 2.45 bits per heavy atom. The van der Waals surface area contributed by atoms with Crippen molar-refractivity contribution in [1.29, 1.82) is 0 Å². The van der Waals surface area contributed by atoms with Crippen LogP contribution in [-0.4, -0.2) is 24.6 Å². The first-order chi connectivity index (χ1) is 14.0. The van der Waals surface area contributed by atoms with E-state index in [-0.39, 0.29) is 17.5 Å². The lowest BCUT2D eigenvalue weighted by Gasteiger charge is -2.18. The molecule has 0 fully saturated rings. The molecule has 29 heavy (non-hydrogen) atoms. The SMILES string of the molecule is CCOC(=O)c1ccc(NC(=O)C(CC)Oc2ccc3ccccc3c2)c(Cl)c1. The molecular weight excluding hydrogens is 390 g/mol. The number of hydrogen-bond acceptors (Lipinski definition) is 4.